The minimum Gasteiger partial charge on any atom is -0.361 e. The molecule has 5 heteroatoms. The second-order valence-corrected chi connectivity index (χ2v) is 5.80. The molecule has 1 amide bonds. The first-order valence-corrected chi connectivity index (χ1v) is 7.79. The average Bonchev–Trinajstić information content (AvgIpc) is 3.14. The van der Waals surface area contributed by atoms with Crippen LogP contribution in [0.3, 0.4) is 0 Å². The summed E-state index contributed by atoms with van der Waals surface area (Å²) < 4.78 is 5.16. The second kappa shape index (κ2) is 6.30. The van der Waals surface area contributed by atoms with Gasteiger partial charge in [-0.15, -0.1) is 0 Å². The quantitative estimate of drug-likeness (QED) is 0.871. The minimum atomic E-state index is 0.123. The molecular weight excluding hydrogens is 278 g/mol. The van der Waals surface area contributed by atoms with Crippen LogP contribution in [0.2, 0.25) is 0 Å². The molecule has 0 unspecified atom stereocenters. The maximum absolute atomic E-state index is 12.6. The summed E-state index contributed by atoms with van der Waals surface area (Å²) in [6, 6.07) is 6.01. The molecule has 2 aromatic heterocycles. The van der Waals surface area contributed by atoms with Gasteiger partial charge in [-0.2, -0.15) is 0 Å². The van der Waals surface area contributed by atoms with E-state index in [1.807, 2.05) is 36.9 Å². The highest BCUT2D eigenvalue weighted by atomic mass is 16.5. The van der Waals surface area contributed by atoms with Crippen molar-refractivity contribution in [2.45, 2.75) is 45.6 Å². The molecule has 0 spiro atoms. The molecule has 0 saturated carbocycles. The number of likely N-dealkylation sites (tertiary alicyclic amines) is 1. The molecule has 1 saturated heterocycles. The van der Waals surface area contributed by atoms with Gasteiger partial charge >= 0.3 is 0 Å². The average molecular weight is 299 g/mol. The largest absolute Gasteiger partial charge is 0.361 e. The van der Waals surface area contributed by atoms with Crippen LogP contribution in [0.4, 0.5) is 0 Å². The first kappa shape index (κ1) is 14.8. The Balaban J connectivity index is 1.67. The smallest absolute Gasteiger partial charge is 0.223 e. The van der Waals surface area contributed by atoms with Gasteiger partial charge in [-0.1, -0.05) is 11.2 Å². The van der Waals surface area contributed by atoms with E-state index in [0.717, 1.165) is 42.1 Å². The van der Waals surface area contributed by atoms with E-state index in [1.54, 1.807) is 6.20 Å². The third-order valence-corrected chi connectivity index (χ3v) is 4.37. The SMILES string of the molecule is Cc1noc(C)c1CCC(=O)N1CCC[C@@H]1c1ccccn1. The van der Waals surface area contributed by atoms with Gasteiger partial charge in [-0.05, 0) is 45.2 Å². The van der Waals surface area contributed by atoms with E-state index in [2.05, 4.69) is 10.1 Å². The Bertz CT molecular complexity index is 632. The second-order valence-electron chi connectivity index (χ2n) is 5.80. The summed E-state index contributed by atoms with van der Waals surface area (Å²) in [7, 11) is 0. The van der Waals surface area contributed by atoms with Gasteiger partial charge < -0.3 is 9.42 Å². The zero-order chi connectivity index (χ0) is 15.5. The normalized spacial score (nSPS) is 17.9. The molecule has 0 aromatic carbocycles. The number of hydrogen-bond acceptors (Lipinski definition) is 4. The Morgan fingerprint density at radius 1 is 1.41 bits per heavy atom. The summed E-state index contributed by atoms with van der Waals surface area (Å²) in [6.45, 7) is 4.64. The lowest BCUT2D eigenvalue weighted by atomic mass is 10.1. The fourth-order valence-electron chi connectivity index (χ4n) is 3.18. The Hall–Kier alpha value is -2.17. The number of aryl methyl sites for hydroxylation is 2. The van der Waals surface area contributed by atoms with E-state index < -0.39 is 0 Å². The first-order valence-electron chi connectivity index (χ1n) is 7.79. The Kier molecular flexibility index (Phi) is 4.22. The van der Waals surface area contributed by atoms with Crippen molar-refractivity contribution < 1.29 is 9.32 Å². The minimum absolute atomic E-state index is 0.123. The van der Waals surface area contributed by atoms with Crippen molar-refractivity contribution in [1.82, 2.24) is 15.0 Å². The summed E-state index contributed by atoms with van der Waals surface area (Å²) in [4.78, 5) is 19.0. The number of aromatic nitrogens is 2. The van der Waals surface area contributed by atoms with Gasteiger partial charge in [0.2, 0.25) is 5.91 Å². The summed E-state index contributed by atoms with van der Waals surface area (Å²) in [5.74, 6) is 1.00. The monoisotopic (exact) mass is 299 g/mol. The van der Waals surface area contributed by atoms with Gasteiger partial charge in [0.05, 0.1) is 17.4 Å². The van der Waals surface area contributed by atoms with Gasteiger partial charge in [-0.3, -0.25) is 9.78 Å². The highest BCUT2D eigenvalue weighted by molar-refractivity contribution is 5.77. The molecule has 0 radical (unpaired) electrons. The molecule has 22 heavy (non-hydrogen) atoms. The lowest BCUT2D eigenvalue weighted by molar-refractivity contribution is -0.132. The molecule has 1 fully saturated rings. The predicted octanol–water partition coefficient (Wildman–Crippen LogP) is 2.98. The lowest BCUT2D eigenvalue weighted by Gasteiger charge is -2.24. The number of hydrogen-bond donors (Lipinski definition) is 0. The van der Waals surface area contributed by atoms with Crippen LogP contribution in [-0.2, 0) is 11.2 Å². The maximum atomic E-state index is 12.6. The molecule has 2 aromatic rings. The van der Waals surface area contributed by atoms with E-state index in [9.17, 15) is 4.79 Å². The van der Waals surface area contributed by atoms with Crippen LogP contribution in [0, 0.1) is 13.8 Å². The molecule has 0 bridgehead atoms. The highest BCUT2D eigenvalue weighted by Crippen LogP contribution is 2.31. The Morgan fingerprint density at radius 2 is 2.27 bits per heavy atom. The van der Waals surface area contributed by atoms with Crippen LogP contribution in [0.1, 0.15) is 48.0 Å². The van der Waals surface area contributed by atoms with E-state index >= 15 is 0 Å². The third kappa shape index (κ3) is 2.89. The van der Waals surface area contributed by atoms with Crippen molar-refractivity contribution in [3.05, 3.63) is 47.1 Å². The molecule has 3 heterocycles. The highest BCUT2D eigenvalue weighted by Gasteiger charge is 2.30. The summed E-state index contributed by atoms with van der Waals surface area (Å²) in [6.07, 6.45) is 5.00. The van der Waals surface area contributed by atoms with Crippen molar-refractivity contribution in [3.8, 4) is 0 Å². The zero-order valence-corrected chi connectivity index (χ0v) is 13.1. The summed E-state index contributed by atoms with van der Waals surface area (Å²) in [5.41, 5.74) is 2.93. The van der Waals surface area contributed by atoms with Crippen LogP contribution in [0.25, 0.3) is 0 Å². The van der Waals surface area contributed by atoms with Crippen LogP contribution < -0.4 is 0 Å². The molecular formula is C17H21N3O2. The fraction of sp³-hybridized carbons (Fsp3) is 0.471. The van der Waals surface area contributed by atoms with Gasteiger partial charge in [0.15, 0.2) is 0 Å². The molecule has 116 valence electrons. The third-order valence-electron chi connectivity index (χ3n) is 4.37. The first-order chi connectivity index (χ1) is 10.7. The van der Waals surface area contributed by atoms with Crippen LogP contribution in [-0.4, -0.2) is 27.5 Å². The topological polar surface area (TPSA) is 59.2 Å². The van der Waals surface area contributed by atoms with E-state index in [4.69, 9.17) is 4.52 Å². The summed E-state index contributed by atoms with van der Waals surface area (Å²) >= 11 is 0. The number of carbonyl (C=O) groups is 1. The van der Waals surface area contributed by atoms with Gasteiger partial charge in [0, 0.05) is 24.7 Å². The van der Waals surface area contributed by atoms with Gasteiger partial charge in [0.1, 0.15) is 5.76 Å². The molecule has 0 N–H and O–H groups in total. The van der Waals surface area contributed by atoms with Crippen molar-refractivity contribution in [3.63, 3.8) is 0 Å². The molecule has 1 aliphatic rings. The fourth-order valence-corrected chi connectivity index (χ4v) is 3.18. The van der Waals surface area contributed by atoms with Gasteiger partial charge in [-0.25, -0.2) is 0 Å². The summed E-state index contributed by atoms with van der Waals surface area (Å²) in [5, 5.41) is 3.94. The molecule has 5 nitrogen and oxygen atoms in total. The zero-order valence-electron chi connectivity index (χ0n) is 13.1. The van der Waals surface area contributed by atoms with Crippen molar-refractivity contribution in [2.24, 2.45) is 0 Å². The van der Waals surface area contributed by atoms with E-state index in [-0.39, 0.29) is 11.9 Å². The lowest BCUT2D eigenvalue weighted by Crippen LogP contribution is -2.31. The maximum Gasteiger partial charge on any atom is 0.223 e. The van der Waals surface area contributed by atoms with Crippen LogP contribution >= 0.6 is 0 Å². The number of carbonyl (C=O) groups excluding carboxylic acids is 1. The van der Waals surface area contributed by atoms with E-state index in [0.29, 0.717) is 12.8 Å². The molecule has 0 aliphatic carbocycles. The molecule has 3 rings (SSSR count). The van der Waals surface area contributed by atoms with E-state index in [1.165, 1.54) is 0 Å². The van der Waals surface area contributed by atoms with Gasteiger partial charge in [0.25, 0.3) is 0 Å². The standard InChI is InChI=1S/C17H21N3O2/c1-12-14(13(2)22-19-12)8-9-17(21)20-11-5-7-16(20)15-6-3-4-10-18-15/h3-4,6,10,16H,5,7-9,11H2,1-2H3/t16-/m1/s1. The molecule has 1 atom stereocenters. The number of nitrogens with zero attached hydrogens (tertiary/aromatic N) is 3. The predicted molar refractivity (Wildman–Crippen MR) is 82.2 cm³/mol. The number of pyridine rings is 1. The van der Waals surface area contributed by atoms with Crippen molar-refractivity contribution in [2.75, 3.05) is 6.54 Å². The number of rotatable bonds is 4. The van der Waals surface area contributed by atoms with Crippen LogP contribution in [0.15, 0.2) is 28.9 Å². The molecule has 1 aliphatic heterocycles. The number of amides is 1. The van der Waals surface area contributed by atoms with Crippen molar-refractivity contribution >= 4 is 5.91 Å². The Labute approximate surface area is 130 Å². The Morgan fingerprint density at radius 3 is 2.95 bits per heavy atom. The van der Waals surface area contributed by atoms with Crippen molar-refractivity contribution in [1.29, 1.82) is 0 Å². The van der Waals surface area contributed by atoms with Crippen LogP contribution in [0.5, 0.6) is 0 Å².